The Kier molecular flexibility index (Phi) is 3.56. The number of benzene rings is 2. The van der Waals surface area contributed by atoms with Gasteiger partial charge in [0.2, 0.25) is 0 Å². The van der Waals surface area contributed by atoms with Crippen LogP contribution in [0.3, 0.4) is 0 Å². The van der Waals surface area contributed by atoms with E-state index in [2.05, 4.69) is 0 Å². The third-order valence-electron chi connectivity index (χ3n) is 3.43. The van der Waals surface area contributed by atoms with Crippen LogP contribution < -0.4 is 5.63 Å². The van der Waals surface area contributed by atoms with Crippen molar-refractivity contribution in [2.24, 2.45) is 0 Å². The van der Waals surface area contributed by atoms with Crippen LogP contribution in [0.2, 0.25) is 0 Å². The molecule has 0 bridgehead atoms. The summed E-state index contributed by atoms with van der Waals surface area (Å²) in [5.41, 5.74) is 2.75. The predicted molar refractivity (Wildman–Crippen MR) is 79.8 cm³/mol. The zero-order valence-electron chi connectivity index (χ0n) is 11.2. The van der Waals surface area contributed by atoms with Crippen LogP contribution in [0.25, 0.3) is 22.1 Å². The Labute approximate surface area is 120 Å². The van der Waals surface area contributed by atoms with Crippen molar-refractivity contribution in [2.45, 2.75) is 13.2 Å². The maximum atomic E-state index is 12.1. The van der Waals surface area contributed by atoms with E-state index in [0.717, 1.165) is 16.5 Å². The molecule has 1 aromatic heterocycles. The zero-order chi connectivity index (χ0) is 14.8. The SMILES string of the molecule is O=c1oc2cc(CO)ccc2cc1-c1ccc(CO)cc1. The monoisotopic (exact) mass is 282 g/mol. The number of fused-ring (bicyclic) bond motifs is 1. The average Bonchev–Trinajstić information content (AvgIpc) is 2.53. The average molecular weight is 282 g/mol. The van der Waals surface area contributed by atoms with E-state index >= 15 is 0 Å². The first-order chi connectivity index (χ1) is 10.2. The highest BCUT2D eigenvalue weighted by molar-refractivity contribution is 5.82. The molecule has 2 aromatic carbocycles. The lowest BCUT2D eigenvalue weighted by Crippen LogP contribution is -2.03. The molecule has 4 nitrogen and oxygen atoms in total. The maximum absolute atomic E-state index is 12.1. The highest BCUT2D eigenvalue weighted by Crippen LogP contribution is 2.22. The van der Waals surface area contributed by atoms with E-state index in [9.17, 15) is 4.79 Å². The number of aliphatic hydroxyl groups is 2. The summed E-state index contributed by atoms with van der Waals surface area (Å²) in [6, 6.07) is 14.2. The fourth-order valence-corrected chi connectivity index (χ4v) is 2.24. The summed E-state index contributed by atoms with van der Waals surface area (Å²) in [7, 11) is 0. The first kappa shape index (κ1) is 13.5. The van der Waals surface area contributed by atoms with E-state index in [1.54, 1.807) is 42.5 Å². The number of hydrogen-bond acceptors (Lipinski definition) is 4. The number of aliphatic hydroxyl groups excluding tert-OH is 2. The largest absolute Gasteiger partial charge is 0.422 e. The Bertz CT molecular complexity index is 832. The molecule has 3 rings (SSSR count). The van der Waals surface area contributed by atoms with Gasteiger partial charge in [-0.15, -0.1) is 0 Å². The lowest BCUT2D eigenvalue weighted by Gasteiger charge is -2.04. The lowest BCUT2D eigenvalue weighted by atomic mass is 10.0. The third kappa shape index (κ3) is 2.59. The van der Waals surface area contributed by atoms with E-state index in [1.807, 2.05) is 6.07 Å². The molecule has 0 radical (unpaired) electrons. The van der Waals surface area contributed by atoms with E-state index in [1.165, 1.54) is 0 Å². The molecule has 0 aliphatic carbocycles. The van der Waals surface area contributed by atoms with Crippen molar-refractivity contribution in [1.82, 2.24) is 0 Å². The first-order valence-electron chi connectivity index (χ1n) is 6.59. The molecule has 0 spiro atoms. The Morgan fingerprint density at radius 1 is 0.857 bits per heavy atom. The van der Waals surface area contributed by atoms with Crippen molar-refractivity contribution in [3.63, 3.8) is 0 Å². The van der Waals surface area contributed by atoms with E-state index in [4.69, 9.17) is 14.6 Å². The van der Waals surface area contributed by atoms with Gasteiger partial charge in [-0.3, -0.25) is 0 Å². The van der Waals surface area contributed by atoms with Gasteiger partial charge < -0.3 is 14.6 Å². The van der Waals surface area contributed by atoms with Crippen LogP contribution in [0.1, 0.15) is 11.1 Å². The molecule has 106 valence electrons. The van der Waals surface area contributed by atoms with E-state index in [-0.39, 0.29) is 13.2 Å². The van der Waals surface area contributed by atoms with Crippen LogP contribution in [0.5, 0.6) is 0 Å². The molecule has 0 fully saturated rings. The maximum Gasteiger partial charge on any atom is 0.344 e. The van der Waals surface area contributed by atoms with Crippen LogP contribution in [-0.4, -0.2) is 10.2 Å². The second-order valence-electron chi connectivity index (χ2n) is 4.83. The smallest absolute Gasteiger partial charge is 0.344 e. The molecule has 4 heteroatoms. The van der Waals surface area contributed by atoms with Gasteiger partial charge in [-0.05, 0) is 28.8 Å². The van der Waals surface area contributed by atoms with Crippen LogP contribution >= 0.6 is 0 Å². The number of hydrogen-bond donors (Lipinski definition) is 2. The van der Waals surface area contributed by atoms with Gasteiger partial charge in [0.25, 0.3) is 0 Å². The Morgan fingerprint density at radius 2 is 1.52 bits per heavy atom. The van der Waals surface area contributed by atoms with Gasteiger partial charge in [0.15, 0.2) is 0 Å². The van der Waals surface area contributed by atoms with Crippen molar-refractivity contribution in [3.05, 3.63) is 70.1 Å². The van der Waals surface area contributed by atoms with Crippen LogP contribution in [0.4, 0.5) is 0 Å². The third-order valence-corrected chi connectivity index (χ3v) is 3.43. The molecular formula is C17H14O4. The van der Waals surface area contributed by atoms with Gasteiger partial charge >= 0.3 is 5.63 Å². The van der Waals surface area contributed by atoms with Crippen molar-refractivity contribution >= 4 is 11.0 Å². The predicted octanol–water partition coefficient (Wildman–Crippen LogP) is 2.44. The summed E-state index contributed by atoms with van der Waals surface area (Å²) in [6.45, 7) is -0.124. The molecule has 0 unspecified atom stereocenters. The van der Waals surface area contributed by atoms with Crippen LogP contribution in [0.15, 0.2) is 57.7 Å². The molecule has 21 heavy (non-hydrogen) atoms. The fourth-order valence-electron chi connectivity index (χ4n) is 2.24. The minimum atomic E-state index is -0.422. The van der Waals surface area contributed by atoms with Crippen LogP contribution in [-0.2, 0) is 13.2 Å². The molecule has 2 N–H and O–H groups in total. The van der Waals surface area contributed by atoms with Gasteiger partial charge in [0.05, 0.1) is 18.8 Å². The molecular weight excluding hydrogens is 268 g/mol. The van der Waals surface area contributed by atoms with Crippen molar-refractivity contribution in [3.8, 4) is 11.1 Å². The summed E-state index contributed by atoms with van der Waals surface area (Å²) in [5, 5.41) is 19.0. The van der Waals surface area contributed by atoms with E-state index < -0.39 is 5.63 Å². The molecule has 0 saturated heterocycles. The lowest BCUT2D eigenvalue weighted by molar-refractivity contribution is 0.281. The summed E-state index contributed by atoms with van der Waals surface area (Å²) < 4.78 is 5.33. The summed E-state index contributed by atoms with van der Waals surface area (Å²) in [4.78, 5) is 12.1. The summed E-state index contributed by atoms with van der Waals surface area (Å²) in [6.07, 6.45) is 0. The van der Waals surface area contributed by atoms with Gasteiger partial charge in [-0.25, -0.2) is 4.79 Å². The standard InChI is InChI=1S/C17H14O4/c18-9-11-1-4-13(5-2-11)15-8-14-6-3-12(10-19)7-16(14)21-17(15)20/h1-8,18-19H,9-10H2. The molecule has 0 saturated carbocycles. The minimum Gasteiger partial charge on any atom is -0.422 e. The highest BCUT2D eigenvalue weighted by Gasteiger charge is 2.08. The highest BCUT2D eigenvalue weighted by atomic mass is 16.4. The quantitative estimate of drug-likeness (QED) is 0.724. The molecule has 0 atom stereocenters. The zero-order valence-corrected chi connectivity index (χ0v) is 11.2. The summed E-state index contributed by atoms with van der Waals surface area (Å²) >= 11 is 0. The normalized spacial score (nSPS) is 11.0. The Morgan fingerprint density at radius 3 is 2.19 bits per heavy atom. The second-order valence-corrected chi connectivity index (χ2v) is 4.83. The minimum absolute atomic E-state index is 0.0312. The fraction of sp³-hybridized carbons (Fsp3) is 0.118. The van der Waals surface area contributed by atoms with Gasteiger partial charge in [0.1, 0.15) is 5.58 Å². The van der Waals surface area contributed by atoms with Crippen molar-refractivity contribution in [2.75, 3.05) is 0 Å². The molecule has 0 amide bonds. The van der Waals surface area contributed by atoms with Crippen molar-refractivity contribution in [1.29, 1.82) is 0 Å². The summed E-state index contributed by atoms with van der Waals surface area (Å²) in [5.74, 6) is 0. The molecule has 0 aliphatic heterocycles. The molecule has 3 aromatic rings. The second kappa shape index (κ2) is 5.52. The first-order valence-corrected chi connectivity index (χ1v) is 6.59. The molecule has 0 aliphatic rings. The van der Waals surface area contributed by atoms with Gasteiger partial charge in [-0.1, -0.05) is 36.4 Å². The Balaban J connectivity index is 2.14. The van der Waals surface area contributed by atoms with Crippen LogP contribution in [0, 0.1) is 0 Å². The number of rotatable bonds is 3. The van der Waals surface area contributed by atoms with Crippen molar-refractivity contribution < 1.29 is 14.6 Å². The van der Waals surface area contributed by atoms with E-state index in [0.29, 0.717) is 16.7 Å². The van der Waals surface area contributed by atoms with Gasteiger partial charge in [-0.2, -0.15) is 0 Å². The topological polar surface area (TPSA) is 70.7 Å². The van der Waals surface area contributed by atoms with Gasteiger partial charge in [0, 0.05) is 5.39 Å². The Hall–Kier alpha value is -2.43. The molecule has 1 heterocycles.